The minimum atomic E-state index is -0.105. The molecule has 2 rings (SSSR count). The summed E-state index contributed by atoms with van der Waals surface area (Å²) in [7, 11) is 8.52. The Morgan fingerprint density at radius 3 is 1.29 bits per heavy atom. The Labute approximate surface area is 156 Å². The fourth-order valence-corrected chi connectivity index (χ4v) is 6.73. The molecule has 0 aromatic carbocycles. The summed E-state index contributed by atoms with van der Waals surface area (Å²) < 4.78 is 0. The van der Waals surface area contributed by atoms with Gasteiger partial charge in [0.25, 0.3) is 0 Å². The fourth-order valence-electron chi connectivity index (χ4n) is 3.22. The predicted octanol–water partition coefficient (Wildman–Crippen LogP) is 3.17. The van der Waals surface area contributed by atoms with Crippen LogP contribution in [0, 0.1) is 0 Å². The van der Waals surface area contributed by atoms with Crippen molar-refractivity contribution >= 4 is 52.4 Å². The van der Waals surface area contributed by atoms with Crippen LogP contribution in [0.15, 0.2) is 0 Å². The summed E-state index contributed by atoms with van der Waals surface area (Å²) in [5.74, 6) is 0. The van der Waals surface area contributed by atoms with Gasteiger partial charge in [-0.15, -0.1) is 0 Å². The molecule has 6 nitrogen and oxygen atoms in total. The molecule has 0 saturated heterocycles. The standard InChI is InChI=1S/C14H28N4O2P2S2/c19-13(17-21)15-9-1-5-11(6-2-9)23-24-12-7-3-10(4-8-12)16-14(20)18-22/h9-12H,1-8,21-22H2,(H2,15,17,19)(H2,16,18,20). The van der Waals surface area contributed by atoms with Gasteiger partial charge in [0.1, 0.15) is 0 Å². The van der Waals surface area contributed by atoms with Crippen molar-refractivity contribution in [1.82, 2.24) is 20.8 Å². The van der Waals surface area contributed by atoms with Gasteiger partial charge in [-0.2, -0.15) is 0 Å². The lowest BCUT2D eigenvalue weighted by Crippen LogP contribution is -2.41. The molecular weight excluding hydrogens is 382 g/mol. The SMILES string of the molecule is O=C(NP)NC1CCC(SSC2CCC(NC(=O)NP)CC2)CC1. The van der Waals surface area contributed by atoms with E-state index in [1.807, 2.05) is 21.6 Å². The second-order valence-electron chi connectivity index (χ2n) is 6.38. The summed E-state index contributed by atoms with van der Waals surface area (Å²) in [6.07, 6.45) is 8.95. The van der Waals surface area contributed by atoms with Gasteiger partial charge in [-0.05, 0) is 70.1 Å². The van der Waals surface area contributed by atoms with Gasteiger partial charge in [0.15, 0.2) is 0 Å². The van der Waals surface area contributed by atoms with Crippen molar-refractivity contribution in [2.45, 2.75) is 74.0 Å². The van der Waals surface area contributed by atoms with E-state index in [0.29, 0.717) is 22.6 Å². The van der Waals surface area contributed by atoms with Crippen LogP contribution in [0.25, 0.3) is 0 Å². The quantitative estimate of drug-likeness (QED) is 0.415. The van der Waals surface area contributed by atoms with E-state index >= 15 is 0 Å². The van der Waals surface area contributed by atoms with Crippen molar-refractivity contribution < 1.29 is 9.59 Å². The highest BCUT2D eigenvalue weighted by molar-refractivity contribution is 8.77. The summed E-state index contributed by atoms with van der Waals surface area (Å²) >= 11 is 0. The average Bonchev–Trinajstić information content (AvgIpc) is 2.62. The maximum absolute atomic E-state index is 11.3. The Kier molecular flexibility index (Phi) is 9.31. The molecule has 10 heteroatoms. The van der Waals surface area contributed by atoms with Crippen molar-refractivity contribution in [3.8, 4) is 0 Å². The van der Waals surface area contributed by atoms with Crippen molar-refractivity contribution in [2.24, 2.45) is 0 Å². The molecule has 4 amide bonds. The molecule has 2 saturated carbocycles. The van der Waals surface area contributed by atoms with E-state index < -0.39 is 0 Å². The third-order valence-corrected chi connectivity index (χ3v) is 8.70. The van der Waals surface area contributed by atoms with Crippen LogP contribution in [0.4, 0.5) is 9.59 Å². The van der Waals surface area contributed by atoms with Crippen LogP contribution in [0.5, 0.6) is 0 Å². The van der Waals surface area contributed by atoms with Crippen LogP contribution in [0.1, 0.15) is 51.4 Å². The van der Waals surface area contributed by atoms with Gasteiger partial charge in [-0.25, -0.2) is 9.59 Å². The Morgan fingerprint density at radius 2 is 1.00 bits per heavy atom. The molecule has 24 heavy (non-hydrogen) atoms. The number of urea groups is 2. The number of carbonyl (C=O) groups excluding carboxylic acids is 2. The first-order valence-corrected chi connectivity index (χ1v) is 11.9. The highest BCUT2D eigenvalue weighted by Crippen LogP contribution is 2.42. The number of hydrogen-bond donors (Lipinski definition) is 4. The molecule has 2 aliphatic carbocycles. The Hall–Kier alpha value is 0.1000. The summed E-state index contributed by atoms with van der Waals surface area (Å²) in [5, 5.41) is 12.5. The molecule has 0 aromatic rings. The van der Waals surface area contributed by atoms with Gasteiger partial charge in [-0.1, -0.05) is 21.6 Å². The van der Waals surface area contributed by atoms with Gasteiger partial charge in [-0.3, -0.25) is 0 Å². The van der Waals surface area contributed by atoms with E-state index in [1.54, 1.807) is 0 Å². The molecule has 0 spiro atoms. The lowest BCUT2D eigenvalue weighted by molar-refractivity contribution is 0.237. The average molecular weight is 410 g/mol. The largest absolute Gasteiger partial charge is 0.335 e. The molecule has 2 aliphatic rings. The molecule has 0 radical (unpaired) electrons. The van der Waals surface area contributed by atoms with Crippen LogP contribution >= 0.6 is 40.4 Å². The number of nitrogens with one attached hydrogen (secondary N) is 4. The number of carbonyl (C=O) groups is 2. The fraction of sp³-hybridized carbons (Fsp3) is 0.857. The molecule has 0 bridgehead atoms. The second-order valence-corrected chi connectivity index (χ2v) is 9.83. The number of rotatable bonds is 5. The highest BCUT2D eigenvalue weighted by Gasteiger charge is 2.26. The van der Waals surface area contributed by atoms with E-state index in [9.17, 15) is 9.59 Å². The third kappa shape index (κ3) is 7.15. The zero-order valence-electron chi connectivity index (χ0n) is 13.8. The number of amides is 4. The van der Waals surface area contributed by atoms with Crippen molar-refractivity contribution in [1.29, 1.82) is 0 Å². The van der Waals surface area contributed by atoms with E-state index in [2.05, 4.69) is 39.6 Å². The van der Waals surface area contributed by atoms with Crippen LogP contribution in [-0.2, 0) is 0 Å². The first kappa shape index (κ1) is 20.4. The zero-order valence-corrected chi connectivity index (χ0v) is 17.7. The summed E-state index contributed by atoms with van der Waals surface area (Å²) in [4.78, 5) is 22.6. The monoisotopic (exact) mass is 410 g/mol. The summed E-state index contributed by atoms with van der Waals surface area (Å²) in [6, 6.07) is 0.422. The van der Waals surface area contributed by atoms with Crippen molar-refractivity contribution in [2.75, 3.05) is 0 Å². The first-order chi connectivity index (χ1) is 11.6. The maximum Gasteiger partial charge on any atom is 0.317 e. The van der Waals surface area contributed by atoms with Crippen molar-refractivity contribution in [3.05, 3.63) is 0 Å². The van der Waals surface area contributed by atoms with Gasteiger partial charge in [0, 0.05) is 22.6 Å². The van der Waals surface area contributed by atoms with E-state index in [-0.39, 0.29) is 12.1 Å². The molecular formula is C14H28N4O2P2S2. The zero-order chi connectivity index (χ0) is 17.4. The van der Waals surface area contributed by atoms with Gasteiger partial charge in [0.2, 0.25) is 0 Å². The summed E-state index contributed by atoms with van der Waals surface area (Å²) in [6.45, 7) is 0. The van der Waals surface area contributed by atoms with Crippen LogP contribution in [0.3, 0.4) is 0 Å². The Morgan fingerprint density at radius 1 is 0.667 bits per heavy atom. The molecule has 138 valence electrons. The lowest BCUT2D eigenvalue weighted by Gasteiger charge is -2.31. The molecule has 0 heterocycles. The number of hydrogen-bond acceptors (Lipinski definition) is 4. The molecule has 2 fully saturated rings. The normalized spacial score (nSPS) is 30.2. The van der Waals surface area contributed by atoms with Crippen LogP contribution < -0.4 is 20.8 Å². The first-order valence-electron chi connectivity index (χ1n) is 8.47. The molecule has 4 N–H and O–H groups in total. The van der Waals surface area contributed by atoms with Crippen molar-refractivity contribution in [3.63, 3.8) is 0 Å². The maximum atomic E-state index is 11.3. The van der Waals surface area contributed by atoms with Gasteiger partial charge in [0.05, 0.1) is 0 Å². The summed E-state index contributed by atoms with van der Waals surface area (Å²) in [5.41, 5.74) is 0. The van der Waals surface area contributed by atoms with Gasteiger partial charge < -0.3 is 20.8 Å². The third-order valence-electron chi connectivity index (χ3n) is 4.61. The smallest absolute Gasteiger partial charge is 0.317 e. The minimum Gasteiger partial charge on any atom is -0.335 e. The molecule has 2 unspecified atom stereocenters. The van der Waals surface area contributed by atoms with E-state index in [0.717, 1.165) is 25.7 Å². The van der Waals surface area contributed by atoms with E-state index in [4.69, 9.17) is 0 Å². The topological polar surface area (TPSA) is 82.3 Å². The second kappa shape index (κ2) is 10.9. The minimum absolute atomic E-state index is 0.105. The molecule has 2 atom stereocenters. The Balaban J connectivity index is 1.57. The predicted molar refractivity (Wildman–Crippen MR) is 110 cm³/mol. The molecule has 0 aromatic heterocycles. The molecule has 0 aliphatic heterocycles. The Bertz CT molecular complexity index is 380. The van der Waals surface area contributed by atoms with Gasteiger partial charge >= 0.3 is 12.1 Å². The lowest BCUT2D eigenvalue weighted by atomic mass is 9.95. The highest BCUT2D eigenvalue weighted by atomic mass is 33.1. The van der Waals surface area contributed by atoms with Crippen LogP contribution in [0.2, 0.25) is 0 Å². The van der Waals surface area contributed by atoms with Crippen LogP contribution in [-0.4, -0.2) is 34.6 Å². The van der Waals surface area contributed by atoms with E-state index in [1.165, 1.54) is 25.7 Å².